The Kier molecular flexibility index (Phi) is 10.4. The van der Waals surface area contributed by atoms with Crippen molar-refractivity contribution in [3.63, 3.8) is 0 Å². The van der Waals surface area contributed by atoms with Gasteiger partial charge in [0.05, 0.1) is 15.3 Å². The summed E-state index contributed by atoms with van der Waals surface area (Å²) in [6.07, 6.45) is 3.91. The van der Waals surface area contributed by atoms with Crippen LogP contribution in [0.5, 0.6) is 0 Å². The molecule has 8 rings (SSSR count). The molecular weight excluding hydrogens is 835 g/mol. The fourth-order valence-electron chi connectivity index (χ4n) is 6.52. The zero-order valence-electron chi connectivity index (χ0n) is 31.2. The number of nitrogens with zero attached hydrogens (tertiary/aromatic N) is 3. The van der Waals surface area contributed by atoms with Crippen LogP contribution in [-0.2, 0) is 30.9 Å². The molecule has 265 valence electrons. The Balaban J connectivity index is 0.000000279. The monoisotopic (exact) mass is 878 g/mol. The van der Waals surface area contributed by atoms with Crippen molar-refractivity contribution in [2.24, 2.45) is 0 Å². The van der Waals surface area contributed by atoms with Gasteiger partial charge in [-0.05, 0) is 77.0 Å². The predicted octanol–water partition coefficient (Wildman–Crippen LogP) is 12.8. The Morgan fingerprint density at radius 2 is 1.40 bits per heavy atom. The smallest absolute Gasteiger partial charge is 0.148 e. The van der Waals surface area contributed by atoms with E-state index in [2.05, 4.69) is 121 Å². The van der Waals surface area contributed by atoms with E-state index in [1.165, 1.54) is 33.4 Å². The van der Waals surface area contributed by atoms with Crippen LogP contribution in [0.1, 0.15) is 68.8 Å². The van der Waals surface area contributed by atoms with Crippen molar-refractivity contribution in [2.45, 2.75) is 73.1 Å². The molecule has 8 aromatic rings. The summed E-state index contributed by atoms with van der Waals surface area (Å²) < 4.78 is 7.79. The molecule has 0 saturated heterocycles. The maximum absolute atomic E-state index is 6.64. The number of pyridine rings is 2. The van der Waals surface area contributed by atoms with Gasteiger partial charge in [-0.25, -0.2) is 4.98 Å². The molecule has 0 bridgehead atoms. The summed E-state index contributed by atoms with van der Waals surface area (Å²) in [5, 5.41) is 3.26. The first-order valence-electron chi connectivity index (χ1n) is 17.4. The zero-order valence-corrected chi connectivity index (χ0v) is 34.4. The second-order valence-electron chi connectivity index (χ2n) is 15.4. The normalized spacial score (nSPS) is 11.8. The van der Waals surface area contributed by atoms with Crippen LogP contribution in [0.2, 0.25) is 0 Å². The first kappa shape index (κ1) is 37.3. The second kappa shape index (κ2) is 14.5. The Bertz CT molecular complexity index is 2500. The number of aryl methyl sites for hydroxylation is 3. The Labute approximate surface area is 324 Å². The molecule has 0 aliphatic carbocycles. The molecule has 0 unspecified atom stereocenters. The van der Waals surface area contributed by atoms with Gasteiger partial charge in [0.1, 0.15) is 11.1 Å². The summed E-state index contributed by atoms with van der Waals surface area (Å²) in [4.78, 5) is 14.3. The Morgan fingerprint density at radius 1 is 0.673 bits per heavy atom. The van der Waals surface area contributed by atoms with E-state index in [1.807, 2.05) is 55.7 Å². The summed E-state index contributed by atoms with van der Waals surface area (Å²) >= 11 is 1.74. The second-order valence-corrected chi connectivity index (χ2v) is 16.4. The first-order valence-corrected chi connectivity index (χ1v) is 18.3. The summed E-state index contributed by atoms with van der Waals surface area (Å²) in [6.45, 7) is 19.8. The molecule has 0 amide bonds. The molecule has 6 heteroatoms. The number of rotatable bonds is 3. The van der Waals surface area contributed by atoms with Crippen LogP contribution in [-0.4, -0.2) is 15.0 Å². The first-order chi connectivity index (χ1) is 24.3. The SMILES string of the molecule is Cc1ccc(-c2[c-]cccc2)nc1.Cc1cccc(C)c1-c1cc(-c2[c-]ccc3c2oc2c3ccc3sc(C(C)(C)C)nc32)ncc1C(C)(C)C.[Ir]. The van der Waals surface area contributed by atoms with E-state index < -0.39 is 0 Å². The molecule has 4 aromatic heterocycles. The van der Waals surface area contributed by atoms with E-state index in [0.717, 1.165) is 59.7 Å². The van der Waals surface area contributed by atoms with Gasteiger partial charge in [0.2, 0.25) is 0 Å². The van der Waals surface area contributed by atoms with Gasteiger partial charge in [0.15, 0.2) is 0 Å². The van der Waals surface area contributed by atoms with E-state index in [9.17, 15) is 0 Å². The third-order valence-electron chi connectivity index (χ3n) is 9.21. The van der Waals surface area contributed by atoms with Crippen LogP contribution in [0.3, 0.4) is 0 Å². The largest absolute Gasteiger partial charge is 0.498 e. The van der Waals surface area contributed by atoms with Crippen LogP contribution in [0.25, 0.3) is 65.8 Å². The zero-order chi connectivity index (χ0) is 36.1. The van der Waals surface area contributed by atoms with E-state index in [4.69, 9.17) is 14.4 Å². The van der Waals surface area contributed by atoms with Crippen molar-refractivity contribution < 1.29 is 24.5 Å². The summed E-state index contributed by atoms with van der Waals surface area (Å²) in [5.74, 6) is 0. The fraction of sp³-hybridized carbons (Fsp3) is 0.239. The summed E-state index contributed by atoms with van der Waals surface area (Å²) in [7, 11) is 0. The standard InChI is InChI=1S/C34H33N2OS.C12H10N.Ir/c1-19-11-9-12-20(2)28(19)24-17-26(35-18-25(24)33(3,4)5)23-14-10-13-21-22-15-16-27-29(31(22)37-30(21)23)36-32(38-27)34(6,7)8;1-10-7-8-12(13-9-10)11-5-3-2-4-6-11;/h9-13,15-18H,1-8H3;2-5,7-9H,1H3;/q2*-1;. The molecule has 0 aliphatic rings. The number of benzene rings is 4. The molecular formula is C46H43IrN3OS-2. The van der Waals surface area contributed by atoms with Crippen LogP contribution in [0.15, 0.2) is 102 Å². The average Bonchev–Trinajstić information content (AvgIpc) is 3.71. The molecule has 0 saturated carbocycles. The minimum atomic E-state index is -0.0499. The number of hydrogen-bond acceptors (Lipinski definition) is 5. The quantitative estimate of drug-likeness (QED) is 0.166. The fourth-order valence-corrected chi connectivity index (χ4v) is 7.54. The minimum absolute atomic E-state index is 0. The van der Waals surface area contributed by atoms with Gasteiger partial charge in [-0.3, -0.25) is 0 Å². The molecule has 0 aliphatic heterocycles. The minimum Gasteiger partial charge on any atom is -0.498 e. The maximum Gasteiger partial charge on any atom is 0.148 e. The number of furan rings is 1. The van der Waals surface area contributed by atoms with Crippen LogP contribution < -0.4 is 0 Å². The number of fused-ring (bicyclic) bond motifs is 5. The molecule has 0 atom stereocenters. The average molecular weight is 878 g/mol. The number of aromatic nitrogens is 3. The molecule has 4 aromatic carbocycles. The Morgan fingerprint density at radius 3 is 2.06 bits per heavy atom. The van der Waals surface area contributed by atoms with Crippen molar-refractivity contribution in [3.05, 3.63) is 137 Å². The molecule has 1 radical (unpaired) electrons. The van der Waals surface area contributed by atoms with Gasteiger partial charge >= 0.3 is 0 Å². The van der Waals surface area contributed by atoms with Crippen LogP contribution >= 0.6 is 11.3 Å². The summed E-state index contributed by atoms with van der Waals surface area (Å²) in [5.41, 5.74) is 13.7. The predicted molar refractivity (Wildman–Crippen MR) is 215 cm³/mol. The van der Waals surface area contributed by atoms with Crippen molar-refractivity contribution in [2.75, 3.05) is 0 Å². The van der Waals surface area contributed by atoms with E-state index in [1.54, 1.807) is 11.3 Å². The number of thiazole rings is 1. The van der Waals surface area contributed by atoms with Crippen molar-refractivity contribution in [1.29, 1.82) is 0 Å². The van der Waals surface area contributed by atoms with E-state index in [-0.39, 0.29) is 30.9 Å². The van der Waals surface area contributed by atoms with Gasteiger partial charge < -0.3 is 14.4 Å². The van der Waals surface area contributed by atoms with Gasteiger partial charge in [0.25, 0.3) is 0 Å². The van der Waals surface area contributed by atoms with Gasteiger partial charge in [0, 0.05) is 43.3 Å². The third kappa shape index (κ3) is 7.25. The van der Waals surface area contributed by atoms with Gasteiger partial charge in [-0.2, -0.15) is 0 Å². The maximum atomic E-state index is 6.64. The van der Waals surface area contributed by atoms with Crippen LogP contribution in [0, 0.1) is 32.9 Å². The number of hydrogen-bond donors (Lipinski definition) is 0. The van der Waals surface area contributed by atoms with Gasteiger partial charge in [-0.1, -0.05) is 95.0 Å². The van der Waals surface area contributed by atoms with Crippen molar-refractivity contribution in [1.82, 2.24) is 15.0 Å². The molecule has 4 heterocycles. The van der Waals surface area contributed by atoms with Crippen molar-refractivity contribution in [3.8, 4) is 33.6 Å². The topological polar surface area (TPSA) is 51.8 Å². The van der Waals surface area contributed by atoms with E-state index in [0.29, 0.717) is 0 Å². The third-order valence-corrected chi connectivity index (χ3v) is 10.7. The Hall–Kier alpha value is -4.48. The van der Waals surface area contributed by atoms with E-state index >= 15 is 0 Å². The van der Waals surface area contributed by atoms with Gasteiger partial charge in [-0.15, -0.1) is 65.4 Å². The van der Waals surface area contributed by atoms with Crippen LogP contribution in [0.4, 0.5) is 0 Å². The van der Waals surface area contributed by atoms with Crippen molar-refractivity contribution >= 4 is 43.5 Å². The molecule has 0 spiro atoms. The molecule has 52 heavy (non-hydrogen) atoms. The molecule has 0 N–H and O–H groups in total. The molecule has 4 nitrogen and oxygen atoms in total. The molecule has 0 fully saturated rings. The summed E-state index contributed by atoms with van der Waals surface area (Å²) in [6, 6.07) is 35.7.